The molecule has 0 radical (unpaired) electrons. The number of allylic oxidation sites excluding steroid dienone is 2. The molecule has 0 aliphatic heterocycles. The minimum Gasteiger partial charge on any atom is -0.403 e. The number of hydrogen-bond donors (Lipinski definition) is 3. The number of nitrogens with one attached hydrogen (secondary N) is 1. The smallest absolute Gasteiger partial charge is 0.0512 e. The quantitative estimate of drug-likeness (QED) is 0.453. The van der Waals surface area contributed by atoms with Crippen LogP contribution in [0.25, 0.3) is 0 Å². The van der Waals surface area contributed by atoms with Crippen molar-refractivity contribution in [2.45, 2.75) is 6.92 Å². The van der Waals surface area contributed by atoms with Crippen molar-refractivity contribution in [3.8, 4) is 0 Å². The third kappa shape index (κ3) is 3.46. The lowest BCUT2D eigenvalue weighted by Gasteiger charge is -1.97. The third-order valence-electron chi connectivity index (χ3n) is 0.851. The van der Waals surface area contributed by atoms with E-state index < -0.39 is 0 Å². The average Bonchev–Trinajstić information content (AvgIpc) is 1.82. The van der Waals surface area contributed by atoms with Crippen LogP contribution in [0.2, 0.25) is 0 Å². The first-order valence-electron chi connectivity index (χ1n) is 2.74. The predicted octanol–water partition coefficient (Wildman–Crippen LogP) is -0.132. The lowest BCUT2D eigenvalue weighted by Crippen LogP contribution is -2.07. The average molecular weight is 127 g/mol. The molecule has 0 fully saturated rings. The number of rotatable bonds is 2. The first-order chi connectivity index (χ1) is 4.20. The van der Waals surface area contributed by atoms with Crippen molar-refractivity contribution in [3.63, 3.8) is 0 Å². The molecule has 5 N–H and O–H groups in total. The van der Waals surface area contributed by atoms with Crippen LogP contribution in [0.1, 0.15) is 6.92 Å². The molecule has 0 heterocycles. The molecule has 0 spiro atoms. The fraction of sp³-hybridized carbons (Fsp3) is 0.333. The van der Waals surface area contributed by atoms with E-state index in [0.29, 0.717) is 0 Å². The summed E-state index contributed by atoms with van der Waals surface area (Å²) in [6.07, 6.45) is 3.23. The van der Waals surface area contributed by atoms with Crippen molar-refractivity contribution in [1.29, 1.82) is 0 Å². The number of hydrogen-bond acceptors (Lipinski definition) is 3. The van der Waals surface area contributed by atoms with E-state index in [2.05, 4.69) is 5.32 Å². The minimum atomic E-state index is 0.737. The van der Waals surface area contributed by atoms with Gasteiger partial charge in [0.05, 0.1) is 5.70 Å². The Morgan fingerprint density at radius 1 is 1.56 bits per heavy atom. The van der Waals surface area contributed by atoms with E-state index in [4.69, 9.17) is 11.5 Å². The van der Waals surface area contributed by atoms with Crippen molar-refractivity contribution in [1.82, 2.24) is 5.32 Å². The first kappa shape index (κ1) is 7.88. The highest BCUT2D eigenvalue weighted by molar-refractivity contribution is 5.17. The van der Waals surface area contributed by atoms with Gasteiger partial charge in [-0.25, -0.2) is 0 Å². The minimum absolute atomic E-state index is 0.737. The van der Waals surface area contributed by atoms with E-state index in [0.717, 1.165) is 11.4 Å². The Bertz CT molecular complexity index is 131. The summed E-state index contributed by atoms with van der Waals surface area (Å²) in [4.78, 5) is 0. The van der Waals surface area contributed by atoms with Gasteiger partial charge in [-0.2, -0.15) is 0 Å². The van der Waals surface area contributed by atoms with E-state index in [-0.39, 0.29) is 0 Å². The fourth-order valence-electron chi connectivity index (χ4n) is 0.449. The first-order valence-corrected chi connectivity index (χ1v) is 2.74. The Labute approximate surface area is 55.4 Å². The van der Waals surface area contributed by atoms with Crippen LogP contribution < -0.4 is 16.8 Å². The molecule has 0 bridgehead atoms. The highest BCUT2D eigenvalue weighted by Gasteiger charge is 1.83. The van der Waals surface area contributed by atoms with E-state index in [9.17, 15) is 0 Å². The zero-order chi connectivity index (χ0) is 7.28. The molecule has 0 unspecified atom stereocenters. The van der Waals surface area contributed by atoms with Gasteiger partial charge in [0, 0.05) is 18.9 Å². The van der Waals surface area contributed by atoms with Crippen LogP contribution in [0.15, 0.2) is 23.7 Å². The summed E-state index contributed by atoms with van der Waals surface area (Å²) in [6, 6.07) is 0. The molecule has 0 amide bonds. The Balaban J connectivity index is 4.01. The Morgan fingerprint density at radius 3 is 2.22 bits per heavy atom. The summed E-state index contributed by atoms with van der Waals surface area (Å²) >= 11 is 0. The van der Waals surface area contributed by atoms with Gasteiger partial charge in [0.25, 0.3) is 0 Å². The van der Waals surface area contributed by atoms with E-state index in [1.165, 1.54) is 6.20 Å². The number of likely N-dealkylation sites (N-methyl/N-ethyl adjacent to an activating group) is 1. The molecule has 9 heavy (non-hydrogen) atoms. The van der Waals surface area contributed by atoms with Gasteiger partial charge >= 0.3 is 0 Å². The molecule has 3 heteroatoms. The van der Waals surface area contributed by atoms with E-state index in [1.54, 1.807) is 20.0 Å². The standard InChI is InChI=1S/C6H13N3/c1-5(8)3-6(4-7)9-2/h3-4,9H,7-8H2,1-2H3/b5-3-,6-4+. The summed E-state index contributed by atoms with van der Waals surface area (Å²) in [7, 11) is 1.79. The molecule has 0 aliphatic carbocycles. The zero-order valence-corrected chi connectivity index (χ0v) is 5.81. The predicted molar refractivity (Wildman–Crippen MR) is 39.3 cm³/mol. The van der Waals surface area contributed by atoms with Gasteiger partial charge in [-0.15, -0.1) is 0 Å². The van der Waals surface area contributed by atoms with Gasteiger partial charge in [0.2, 0.25) is 0 Å². The van der Waals surface area contributed by atoms with Gasteiger partial charge in [-0.3, -0.25) is 0 Å². The van der Waals surface area contributed by atoms with Crippen LogP contribution in [-0.2, 0) is 0 Å². The van der Waals surface area contributed by atoms with Crippen molar-refractivity contribution < 1.29 is 0 Å². The topological polar surface area (TPSA) is 64.1 Å². The summed E-state index contributed by atoms with van der Waals surface area (Å²) < 4.78 is 0. The van der Waals surface area contributed by atoms with Crippen molar-refractivity contribution >= 4 is 0 Å². The van der Waals surface area contributed by atoms with Crippen molar-refractivity contribution in [3.05, 3.63) is 23.7 Å². The Hall–Kier alpha value is -1.12. The molecule has 0 saturated carbocycles. The SMILES string of the molecule is CNC(/C=C(/C)N)=C/N. The maximum absolute atomic E-state index is 5.37. The second kappa shape index (κ2) is 3.83. The normalized spacial score (nSPS) is 13.6. The maximum atomic E-state index is 5.37. The molecule has 0 rings (SSSR count). The number of nitrogens with two attached hydrogens (primary N) is 2. The van der Waals surface area contributed by atoms with Gasteiger partial charge in [0.15, 0.2) is 0 Å². The fourth-order valence-corrected chi connectivity index (χ4v) is 0.449. The molecule has 0 aromatic rings. The highest BCUT2D eigenvalue weighted by Crippen LogP contribution is 1.89. The molecule has 0 aromatic heterocycles. The highest BCUT2D eigenvalue weighted by atomic mass is 14.8. The largest absolute Gasteiger partial charge is 0.403 e. The molecule has 0 aromatic carbocycles. The summed E-state index contributed by atoms with van der Waals surface area (Å²) in [6.45, 7) is 1.81. The molecule has 0 saturated heterocycles. The maximum Gasteiger partial charge on any atom is 0.0512 e. The Morgan fingerprint density at radius 2 is 2.11 bits per heavy atom. The van der Waals surface area contributed by atoms with Gasteiger partial charge in [-0.1, -0.05) is 0 Å². The van der Waals surface area contributed by atoms with Crippen molar-refractivity contribution in [2.24, 2.45) is 11.5 Å². The van der Waals surface area contributed by atoms with Crippen molar-refractivity contribution in [2.75, 3.05) is 7.05 Å². The van der Waals surface area contributed by atoms with Crippen LogP contribution in [0.4, 0.5) is 0 Å². The molecular weight excluding hydrogens is 114 g/mol. The lowest BCUT2D eigenvalue weighted by atomic mass is 10.4. The van der Waals surface area contributed by atoms with Gasteiger partial charge in [-0.05, 0) is 13.0 Å². The molecular formula is C6H13N3. The summed E-state index contributed by atoms with van der Waals surface area (Å²) in [5.41, 5.74) is 12.1. The van der Waals surface area contributed by atoms with Crippen LogP contribution in [-0.4, -0.2) is 7.05 Å². The van der Waals surface area contributed by atoms with E-state index >= 15 is 0 Å². The Kier molecular flexibility index (Phi) is 3.35. The van der Waals surface area contributed by atoms with Crippen LogP contribution in [0.3, 0.4) is 0 Å². The summed E-state index contributed by atoms with van der Waals surface area (Å²) in [5.74, 6) is 0. The second-order valence-corrected chi connectivity index (χ2v) is 1.76. The lowest BCUT2D eigenvalue weighted by molar-refractivity contribution is 1.01. The molecule has 52 valence electrons. The third-order valence-corrected chi connectivity index (χ3v) is 0.851. The monoisotopic (exact) mass is 127 g/mol. The van der Waals surface area contributed by atoms with Crippen LogP contribution in [0.5, 0.6) is 0 Å². The molecule has 0 atom stereocenters. The van der Waals surface area contributed by atoms with Crippen LogP contribution >= 0.6 is 0 Å². The second-order valence-electron chi connectivity index (χ2n) is 1.76. The van der Waals surface area contributed by atoms with E-state index in [1.807, 2.05) is 0 Å². The molecule has 3 nitrogen and oxygen atoms in total. The summed E-state index contributed by atoms with van der Waals surface area (Å²) in [5, 5.41) is 2.86. The zero-order valence-electron chi connectivity index (χ0n) is 5.81. The van der Waals surface area contributed by atoms with Gasteiger partial charge in [0.1, 0.15) is 0 Å². The van der Waals surface area contributed by atoms with Gasteiger partial charge < -0.3 is 16.8 Å². The molecule has 0 aliphatic rings. The van der Waals surface area contributed by atoms with Crippen LogP contribution in [0, 0.1) is 0 Å².